The van der Waals surface area contributed by atoms with Gasteiger partial charge in [-0.2, -0.15) is 5.10 Å². The molecule has 0 radical (unpaired) electrons. The molecule has 1 aliphatic heterocycles. The molecule has 0 spiro atoms. The van der Waals surface area contributed by atoms with Crippen LogP contribution in [0.1, 0.15) is 52.5 Å². The summed E-state index contributed by atoms with van der Waals surface area (Å²) in [5.74, 6) is -0.943. The van der Waals surface area contributed by atoms with Gasteiger partial charge in [-0.15, -0.1) is 0 Å². The van der Waals surface area contributed by atoms with Crippen molar-refractivity contribution >= 4 is 17.6 Å². The van der Waals surface area contributed by atoms with Crippen LogP contribution in [-0.4, -0.2) is 50.4 Å². The van der Waals surface area contributed by atoms with E-state index in [4.69, 9.17) is 10.8 Å². The number of amides is 2. The molecule has 0 bridgehead atoms. The summed E-state index contributed by atoms with van der Waals surface area (Å²) < 4.78 is 1.67. The third-order valence-electron chi connectivity index (χ3n) is 6.57. The van der Waals surface area contributed by atoms with Gasteiger partial charge in [0.15, 0.2) is 5.82 Å². The minimum absolute atomic E-state index is 0.229. The molecule has 2 aliphatic rings. The Morgan fingerprint density at radius 2 is 1.91 bits per heavy atom. The number of fused-ring (bicyclic) bond motifs is 1. The molecule has 180 valence electrons. The van der Waals surface area contributed by atoms with E-state index < -0.39 is 23.6 Å². The number of hydrogen-bond acceptors (Lipinski definition) is 6. The van der Waals surface area contributed by atoms with Gasteiger partial charge in [0.1, 0.15) is 0 Å². The van der Waals surface area contributed by atoms with Crippen LogP contribution < -0.4 is 11.1 Å². The van der Waals surface area contributed by atoms with E-state index in [2.05, 4.69) is 15.2 Å². The molecule has 1 aromatic carbocycles. The molecule has 1 saturated carbocycles. The molecule has 9 nitrogen and oxygen atoms in total. The fraction of sp³-hybridized carbons (Fsp3) is 0.346. The van der Waals surface area contributed by atoms with Crippen molar-refractivity contribution < 1.29 is 14.4 Å². The predicted molar refractivity (Wildman–Crippen MR) is 129 cm³/mol. The molecular weight excluding hydrogens is 444 g/mol. The van der Waals surface area contributed by atoms with Crippen LogP contribution in [0.15, 0.2) is 54.9 Å². The molecule has 1 atom stereocenters. The van der Waals surface area contributed by atoms with E-state index in [9.17, 15) is 14.4 Å². The van der Waals surface area contributed by atoms with Crippen LogP contribution >= 0.6 is 0 Å². The highest BCUT2D eigenvalue weighted by Crippen LogP contribution is 2.31. The van der Waals surface area contributed by atoms with Gasteiger partial charge in [-0.25, -0.2) is 9.67 Å². The van der Waals surface area contributed by atoms with Crippen LogP contribution in [0.5, 0.6) is 0 Å². The molecule has 2 amide bonds. The van der Waals surface area contributed by atoms with Gasteiger partial charge in [-0.1, -0.05) is 30.3 Å². The number of Topliss-reactive ketones (excluding diaryl/α,β-unsaturated/α-hetero) is 1. The number of carbonyl (C=O) groups excluding carboxylic acids is 3. The lowest BCUT2D eigenvalue weighted by atomic mass is 10.0. The maximum atomic E-state index is 13.4. The number of nitrogens with one attached hydrogen (secondary N) is 1. The molecule has 3 aromatic rings. The molecule has 3 heterocycles. The van der Waals surface area contributed by atoms with Crippen molar-refractivity contribution in [3.8, 4) is 5.82 Å². The van der Waals surface area contributed by atoms with Crippen molar-refractivity contribution in [3.63, 3.8) is 0 Å². The topological polar surface area (TPSA) is 123 Å². The summed E-state index contributed by atoms with van der Waals surface area (Å²) in [6.07, 6.45) is 6.87. The molecule has 3 N–H and O–H groups in total. The van der Waals surface area contributed by atoms with Crippen molar-refractivity contribution in [3.05, 3.63) is 77.2 Å². The van der Waals surface area contributed by atoms with E-state index in [0.29, 0.717) is 16.9 Å². The molecule has 35 heavy (non-hydrogen) atoms. The standard InChI is InChI=1S/C26H28N6O3/c27-24(34)23(33)13-22(18-5-2-1-3-6-18)29-26(35)20-7-4-11-28-25(20)32-16-19-15-31(14-17-8-9-17)12-10-21(19)30-32/h1-7,11,16-17,22H,8-10,12-15H2,(H2,27,34)(H,29,35). The van der Waals surface area contributed by atoms with Gasteiger partial charge in [0.25, 0.3) is 11.8 Å². The Morgan fingerprint density at radius 3 is 2.66 bits per heavy atom. The second-order valence-electron chi connectivity index (χ2n) is 9.28. The molecule has 9 heteroatoms. The van der Waals surface area contributed by atoms with E-state index in [0.717, 1.165) is 43.2 Å². The molecule has 1 fully saturated rings. The Labute approximate surface area is 203 Å². The van der Waals surface area contributed by atoms with Gasteiger partial charge in [-0.05, 0) is 36.5 Å². The highest BCUT2D eigenvalue weighted by atomic mass is 16.2. The smallest absolute Gasteiger partial charge is 0.284 e. The minimum atomic E-state index is -1.03. The molecule has 2 aromatic heterocycles. The maximum Gasteiger partial charge on any atom is 0.284 e. The molecule has 5 rings (SSSR count). The first-order valence-electron chi connectivity index (χ1n) is 11.9. The van der Waals surface area contributed by atoms with Gasteiger partial charge in [0.05, 0.1) is 17.3 Å². The number of benzene rings is 1. The summed E-state index contributed by atoms with van der Waals surface area (Å²) in [5.41, 5.74) is 8.38. The summed E-state index contributed by atoms with van der Waals surface area (Å²) in [5, 5.41) is 7.62. The number of nitrogens with two attached hydrogens (primary N) is 1. The number of ketones is 1. The lowest BCUT2D eigenvalue weighted by Crippen LogP contribution is -2.34. The average Bonchev–Trinajstić information content (AvgIpc) is 3.58. The second-order valence-corrected chi connectivity index (χ2v) is 9.28. The second kappa shape index (κ2) is 9.79. The number of nitrogens with zero attached hydrogens (tertiary/aromatic N) is 4. The fourth-order valence-corrected chi connectivity index (χ4v) is 4.52. The third kappa shape index (κ3) is 5.30. The summed E-state index contributed by atoms with van der Waals surface area (Å²) in [4.78, 5) is 43.7. The first kappa shape index (κ1) is 22.9. The number of pyridine rings is 1. The van der Waals surface area contributed by atoms with E-state index in [1.165, 1.54) is 12.8 Å². The van der Waals surface area contributed by atoms with Gasteiger partial charge in [0, 0.05) is 50.4 Å². The molecule has 1 unspecified atom stereocenters. The Balaban J connectivity index is 1.38. The normalized spacial score (nSPS) is 16.3. The zero-order valence-corrected chi connectivity index (χ0v) is 19.4. The molecule has 1 aliphatic carbocycles. The zero-order chi connectivity index (χ0) is 24.4. The van der Waals surface area contributed by atoms with Crippen LogP contribution in [0.3, 0.4) is 0 Å². The van der Waals surface area contributed by atoms with E-state index in [-0.39, 0.29) is 6.42 Å². The van der Waals surface area contributed by atoms with Gasteiger partial charge in [0.2, 0.25) is 5.78 Å². The number of hydrogen-bond donors (Lipinski definition) is 2. The summed E-state index contributed by atoms with van der Waals surface area (Å²) in [6, 6.07) is 11.7. The van der Waals surface area contributed by atoms with Crippen LogP contribution in [0, 0.1) is 5.92 Å². The largest absolute Gasteiger partial charge is 0.363 e. The molecule has 0 saturated heterocycles. The van der Waals surface area contributed by atoms with Crippen molar-refractivity contribution in [1.82, 2.24) is 25.0 Å². The van der Waals surface area contributed by atoms with Crippen molar-refractivity contribution in [2.24, 2.45) is 11.7 Å². The van der Waals surface area contributed by atoms with E-state index in [1.807, 2.05) is 12.3 Å². The van der Waals surface area contributed by atoms with Crippen LogP contribution in [-0.2, 0) is 22.6 Å². The van der Waals surface area contributed by atoms with Crippen LogP contribution in [0.2, 0.25) is 0 Å². The summed E-state index contributed by atoms with van der Waals surface area (Å²) in [7, 11) is 0. The number of rotatable bonds is 9. The van der Waals surface area contributed by atoms with E-state index in [1.54, 1.807) is 47.3 Å². The number of aromatic nitrogens is 3. The number of primary amides is 1. The monoisotopic (exact) mass is 472 g/mol. The van der Waals surface area contributed by atoms with Gasteiger partial charge >= 0.3 is 0 Å². The van der Waals surface area contributed by atoms with Crippen LogP contribution in [0.4, 0.5) is 0 Å². The average molecular weight is 473 g/mol. The van der Waals surface area contributed by atoms with E-state index >= 15 is 0 Å². The quantitative estimate of drug-likeness (QED) is 0.459. The van der Waals surface area contributed by atoms with Crippen molar-refractivity contribution in [2.75, 3.05) is 13.1 Å². The Morgan fingerprint density at radius 1 is 1.11 bits per heavy atom. The third-order valence-corrected chi connectivity index (χ3v) is 6.57. The zero-order valence-electron chi connectivity index (χ0n) is 19.4. The van der Waals surface area contributed by atoms with Gasteiger partial charge < -0.3 is 11.1 Å². The van der Waals surface area contributed by atoms with Crippen molar-refractivity contribution in [2.45, 2.75) is 38.3 Å². The highest BCUT2D eigenvalue weighted by Gasteiger charge is 2.28. The highest BCUT2D eigenvalue weighted by molar-refractivity contribution is 6.35. The lowest BCUT2D eigenvalue weighted by molar-refractivity contribution is -0.136. The fourth-order valence-electron chi connectivity index (χ4n) is 4.52. The molecular formula is C26H28N6O3. The Bertz CT molecular complexity index is 1250. The van der Waals surface area contributed by atoms with Crippen molar-refractivity contribution in [1.29, 1.82) is 0 Å². The predicted octanol–water partition coefficient (Wildman–Crippen LogP) is 1.95. The SMILES string of the molecule is NC(=O)C(=O)CC(NC(=O)c1cccnc1-n1cc2c(n1)CCN(CC1CC1)C2)c1ccccc1. The van der Waals surface area contributed by atoms with Crippen LogP contribution in [0.25, 0.3) is 5.82 Å². The lowest BCUT2D eigenvalue weighted by Gasteiger charge is -2.25. The number of carbonyl (C=O) groups is 3. The summed E-state index contributed by atoms with van der Waals surface area (Å²) >= 11 is 0. The first-order chi connectivity index (χ1) is 17.0. The summed E-state index contributed by atoms with van der Waals surface area (Å²) in [6.45, 7) is 2.97. The Hall–Kier alpha value is -3.85. The Kier molecular flexibility index (Phi) is 6.41. The minimum Gasteiger partial charge on any atom is -0.363 e. The maximum absolute atomic E-state index is 13.4. The first-order valence-corrected chi connectivity index (χ1v) is 11.9. The van der Waals surface area contributed by atoms with Gasteiger partial charge in [-0.3, -0.25) is 19.3 Å².